The Bertz CT molecular complexity index is 1280. The highest BCUT2D eigenvalue weighted by molar-refractivity contribution is 7.47. The van der Waals surface area contributed by atoms with Gasteiger partial charge in [-0.3, -0.25) is 18.6 Å². The summed E-state index contributed by atoms with van der Waals surface area (Å²) in [6.45, 7) is 4.22. The van der Waals surface area contributed by atoms with E-state index < -0.39 is 32.5 Å². The number of likely N-dealkylation sites (N-methyl/N-ethyl adjacent to an activating group) is 1. The molecule has 0 aromatic rings. The van der Waals surface area contributed by atoms with Gasteiger partial charge < -0.3 is 18.9 Å². The van der Waals surface area contributed by atoms with Crippen molar-refractivity contribution in [1.82, 2.24) is 0 Å². The molecule has 0 aliphatic heterocycles. The Morgan fingerprint density at radius 2 is 0.952 bits per heavy atom. The van der Waals surface area contributed by atoms with E-state index in [-0.39, 0.29) is 26.1 Å². The Kier molecular flexibility index (Phi) is 41.9. The summed E-state index contributed by atoms with van der Waals surface area (Å²) in [4.78, 5) is 35.4. The predicted octanol–water partition coefficient (Wildman–Crippen LogP) is 14.6. The van der Waals surface area contributed by atoms with Gasteiger partial charge >= 0.3 is 19.8 Å². The van der Waals surface area contributed by atoms with Crippen molar-refractivity contribution in [2.75, 3.05) is 47.5 Å². The molecule has 0 radical (unpaired) electrons. The second kappa shape index (κ2) is 43.7. The van der Waals surface area contributed by atoms with Crippen LogP contribution in [0.4, 0.5) is 0 Å². The lowest BCUT2D eigenvalue weighted by atomic mass is 10.0. The van der Waals surface area contributed by atoms with E-state index in [1.807, 2.05) is 21.1 Å². The molecular formula is C52H93NO8P+. The number of carbonyl (C=O) groups excluding carboxylic acids is 2. The number of quaternary nitrogens is 1. The van der Waals surface area contributed by atoms with E-state index in [0.717, 1.165) is 64.2 Å². The SMILES string of the molecule is CC/C=C/C/C=C/C/C=C/C/C=C/CCCCC(=O)O[C@@H](COC(=O)CCC/C=C/CC/C=C/CCCCCCCCCCCCCCCC)COP(=O)(O)OCC[N+](C)(C)C. The van der Waals surface area contributed by atoms with Crippen molar-refractivity contribution in [1.29, 1.82) is 0 Å². The van der Waals surface area contributed by atoms with Crippen LogP contribution >= 0.6 is 7.82 Å². The molecule has 0 saturated heterocycles. The van der Waals surface area contributed by atoms with E-state index in [4.69, 9.17) is 18.5 Å². The van der Waals surface area contributed by atoms with Crippen LogP contribution in [0.15, 0.2) is 72.9 Å². The van der Waals surface area contributed by atoms with Crippen LogP contribution in [0.3, 0.4) is 0 Å². The number of nitrogens with zero attached hydrogens (tertiary/aromatic N) is 1. The number of unbranched alkanes of at least 4 members (excludes halogenated alkanes) is 18. The van der Waals surface area contributed by atoms with E-state index in [2.05, 4.69) is 86.8 Å². The van der Waals surface area contributed by atoms with E-state index in [9.17, 15) is 19.0 Å². The van der Waals surface area contributed by atoms with Crippen LogP contribution in [0.25, 0.3) is 0 Å². The van der Waals surface area contributed by atoms with Crippen LogP contribution in [0.1, 0.15) is 194 Å². The molecule has 1 N–H and O–H groups in total. The normalized spacial score (nSPS) is 14.1. The third-order valence-corrected chi connectivity index (χ3v) is 11.2. The van der Waals surface area contributed by atoms with Gasteiger partial charge in [0.1, 0.15) is 19.8 Å². The van der Waals surface area contributed by atoms with Crippen molar-refractivity contribution in [3.05, 3.63) is 72.9 Å². The number of carbonyl (C=O) groups is 2. The maximum Gasteiger partial charge on any atom is 0.472 e. The molecule has 0 rings (SSSR count). The van der Waals surface area contributed by atoms with Gasteiger partial charge in [-0.1, -0.05) is 170 Å². The molecule has 0 saturated carbocycles. The number of rotatable bonds is 44. The molecule has 0 aromatic heterocycles. The van der Waals surface area contributed by atoms with Crippen LogP contribution in [0.2, 0.25) is 0 Å². The van der Waals surface area contributed by atoms with Gasteiger partial charge in [-0.15, -0.1) is 0 Å². The first-order chi connectivity index (χ1) is 30.0. The minimum atomic E-state index is -4.40. The molecule has 9 nitrogen and oxygen atoms in total. The standard InChI is InChI=1S/C52H92NO8P/c1-6-8-10-12-14-16-18-20-22-23-24-25-26-27-28-29-31-32-34-36-38-40-42-44-51(54)58-48-50(49-60-62(56,57)59-47-46-53(3,4)5)61-52(55)45-43-41-39-37-35-33-30-21-19-17-15-13-11-9-7-2/h9,11,15,17,21,29-31,35-38,50H,6-8,10,12-14,16,18-20,22-28,32-34,39-49H2,1-5H3/p+1/b11-9+,17-15+,30-21+,31-29+,37-35+,38-36+/t50-/m0/s1. The van der Waals surface area contributed by atoms with Gasteiger partial charge in [0.25, 0.3) is 0 Å². The van der Waals surface area contributed by atoms with Crippen molar-refractivity contribution < 1.29 is 42.1 Å². The second-order valence-corrected chi connectivity index (χ2v) is 18.9. The van der Waals surface area contributed by atoms with Gasteiger partial charge in [0.15, 0.2) is 6.10 Å². The fourth-order valence-electron chi connectivity index (χ4n) is 6.38. The third kappa shape index (κ3) is 46.9. The first-order valence-corrected chi connectivity index (χ1v) is 26.2. The van der Waals surface area contributed by atoms with Crippen molar-refractivity contribution in [2.45, 2.75) is 200 Å². The highest BCUT2D eigenvalue weighted by atomic mass is 31.2. The third-order valence-electron chi connectivity index (χ3n) is 10.2. The predicted molar refractivity (Wildman–Crippen MR) is 261 cm³/mol. The lowest BCUT2D eigenvalue weighted by molar-refractivity contribution is -0.870. The lowest BCUT2D eigenvalue weighted by Crippen LogP contribution is -2.37. The van der Waals surface area contributed by atoms with Crippen LogP contribution in [0.5, 0.6) is 0 Å². The summed E-state index contributed by atoms with van der Waals surface area (Å²) >= 11 is 0. The number of esters is 2. The van der Waals surface area contributed by atoms with E-state index in [0.29, 0.717) is 23.9 Å². The minimum Gasteiger partial charge on any atom is -0.462 e. The Labute approximate surface area is 380 Å². The van der Waals surface area contributed by atoms with Crippen molar-refractivity contribution in [2.24, 2.45) is 0 Å². The topological polar surface area (TPSA) is 108 Å². The molecule has 62 heavy (non-hydrogen) atoms. The number of hydrogen-bond acceptors (Lipinski definition) is 7. The summed E-state index contributed by atoms with van der Waals surface area (Å²) in [6.07, 6.45) is 55.5. The summed E-state index contributed by atoms with van der Waals surface area (Å²) in [5.74, 6) is -0.900. The number of allylic oxidation sites excluding steroid dienone is 12. The molecule has 0 fully saturated rings. The summed E-state index contributed by atoms with van der Waals surface area (Å²) in [7, 11) is 1.42. The molecular weight excluding hydrogens is 798 g/mol. The fourth-order valence-corrected chi connectivity index (χ4v) is 7.12. The zero-order valence-corrected chi connectivity index (χ0v) is 41.2. The van der Waals surface area contributed by atoms with E-state index >= 15 is 0 Å². The molecule has 1 unspecified atom stereocenters. The van der Waals surface area contributed by atoms with Gasteiger partial charge in [0, 0.05) is 12.8 Å². The van der Waals surface area contributed by atoms with Gasteiger partial charge in [0.05, 0.1) is 27.7 Å². The number of ether oxygens (including phenoxy) is 2. The summed E-state index contributed by atoms with van der Waals surface area (Å²) in [5.41, 5.74) is 0. The molecule has 0 aromatic carbocycles. The molecule has 0 spiro atoms. The maximum atomic E-state index is 12.7. The average molecular weight is 891 g/mol. The van der Waals surface area contributed by atoms with Gasteiger partial charge in [-0.2, -0.15) is 0 Å². The molecule has 0 aliphatic rings. The molecule has 2 atom stereocenters. The largest absolute Gasteiger partial charge is 0.472 e. The summed E-state index contributed by atoms with van der Waals surface area (Å²) < 4.78 is 34.3. The van der Waals surface area contributed by atoms with E-state index in [1.165, 1.54) is 89.9 Å². The van der Waals surface area contributed by atoms with E-state index in [1.54, 1.807) is 0 Å². The maximum absolute atomic E-state index is 12.7. The smallest absolute Gasteiger partial charge is 0.462 e. The molecule has 0 bridgehead atoms. The monoisotopic (exact) mass is 891 g/mol. The number of phosphoric acid groups is 1. The zero-order chi connectivity index (χ0) is 45.7. The van der Waals surface area contributed by atoms with Crippen LogP contribution < -0.4 is 0 Å². The first-order valence-electron chi connectivity index (χ1n) is 24.7. The Morgan fingerprint density at radius 3 is 1.48 bits per heavy atom. The second-order valence-electron chi connectivity index (χ2n) is 17.5. The highest BCUT2D eigenvalue weighted by Gasteiger charge is 2.27. The Balaban J connectivity index is 4.35. The quantitative estimate of drug-likeness (QED) is 0.0212. The molecule has 0 aliphatic carbocycles. The first kappa shape index (κ1) is 59.5. The van der Waals surface area contributed by atoms with Gasteiger partial charge in [0.2, 0.25) is 0 Å². The molecule has 0 amide bonds. The Hall–Kier alpha value is -2.55. The zero-order valence-electron chi connectivity index (χ0n) is 40.3. The van der Waals surface area contributed by atoms with Crippen molar-refractivity contribution >= 4 is 19.8 Å². The Morgan fingerprint density at radius 1 is 0.516 bits per heavy atom. The van der Waals surface area contributed by atoms with Crippen LogP contribution in [-0.4, -0.2) is 74.9 Å². The minimum absolute atomic E-state index is 0.0146. The molecule has 10 heteroatoms. The number of hydrogen-bond donors (Lipinski definition) is 1. The highest BCUT2D eigenvalue weighted by Crippen LogP contribution is 2.43. The van der Waals surface area contributed by atoms with Gasteiger partial charge in [-0.05, 0) is 83.5 Å². The molecule has 0 heterocycles. The van der Waals surface area contributed by atoms with Crippen LogP contribution in [-0.2, 0) is 32.7 Å². The lowest BCUT2D eigenvalue weighted by Gasteiger charge is -2.24. The summed E-state index contributed by atoms with van der Waals surface area (Å²) in [5, 5.41) is 0. The number of phosphoric ester groups is 1. The van der Waals surface area contributed by atoms with Crippen molar-refractivity contribution in [3.8, 4) is 0 Å². The molecule has 358 valence electrons. The average Bonchev–Trinajstić information content (AvgIpc) is 3.23. The summed E-state index contributed by atoms with van der Waals surface area (Å²) in [6, 6.07) is 0. The van der Waals surface area contributed by atoms with Crippen LogP contribution in [0, 0.1) is 0 Å². The van der Waals surface area contributed by atoms with Gasteiger partial charge in [-0.25, -0.2) is 4.57 Å². The van der Waals surface area contributed by atoms with Crippen molar-refractivity contribution in [3.63, 3.8) is 0 Å². The fraction of sp³-hybridized carbons (Fsp3) is 0.731.